The van der Waals surface area contributed by atoms with Crippen LogP contribution in [0.4, 0.5) is 0 Å². The maximum Gasteiger partial charge on any atom is 0.0967 e. The minimum absolute atomic E-state index is 0.315. The highest BCUT2D eigenvalue weighted by molar-refractivity contribution is 5.05. The summed E-state index contributed by atoms with van der Waals surface area (Å²) in [4.78, 5) is 2.59. The SMILES string of the molecule is Cn1cc(CN2CCNCC2(C)C2CC2)nn1. The van der Waals surface area contributed by atoms with Crippen LogP contribution >= 0.6 is 0 Å². The van der Waals surface area contributed by atoms with Crippen molar-refractivity contribution in [2.45, 2.75) is 31.8 Å². The largest absolute Gasteiger partial charge is 0.314 e. The number of aryl methyl sites for hydroxylation is 1. The van der Waals surface area contributed by atoms with Crippen LogP contribution in [0.5, 0.6) is 0 Å². The Morgan fingerprint density at radius 3 is 3.00 bits per heavy atom. The van der Waals surface area contributed by atoms with E-state index in [1.807, 2.05) is 13.2 Å². The van der Waals surface area contributed by atoms with Crippen molar-refractivity contribution in [3.63, 3.8) is 0 Å². The Labute approximate surface area is 102 Å². The Balaban J connectivity index is 1.75. The van der Waals surface area contributed by atoms with Gasteiger partial charge in [0, 0.05) is 45.0 Å². The smallest absolute Gasteiger partial charge is 0.0967 e. The Morgan fingerprint density at radius 2 is 2.35 bits per heavy atom. The molecule has 1 aliphatic carbocycles. The Morgan fingerprint density at radius 1 is 1.53 bits per heavy atom. The van der Waals surface area contributed by atoms with Crippen LogP contribution in [0, 0.1) is 5.92 Å². The van der Waals surface area contributed by atoms with Crippen molar-refractivity contribution in [3.05, 3.63) is 11.9 Å². The fourth-order valence-electron chi connectivity index (χ4n) is 2.95. The lowest BCUT2D eigenvalue weighted by Gasteiger charge is -2.45. The molecule has 0 bridgehead atoms. The van der Waals surface area contributed by atoms with Crippen molar-refractivity contribution in [1.29, 1.82) is 0 Å². The maximum atomic E-state index is 4.21. The van der Waals surface area contributed by atoms with Gasteiger partial charge in [-0.05, 0) is 25.7 Å². The molecule has 1 aliphatic heterocycles. The van der Waals surface area contributed by atoms with Crippen molar-refractivity contribution in [1.82, 2.24) is 25.2 Å². The van der Waals surface area contributed by atoms with E-state index in [-0.39, 0.29) is 0 Å². The molecule has 1 saturated carbocycles. The van der Waals surface area contributed by atoms with Gasteiger partial charge in [0.2, 0.25) is 0 Å². The van der Waals surface area contributed by atoms with E-state index in [2.05, 4.69) is 27.5 Å². The second kappa shape index (κ2) is 4.07. The molecule has 3 rings (SSSR count). The van der Waals surface area contributed by atoms with Gasteiger partial charge < -0.3 is 5.32 Å². The molecule has 5 nitrogen and oxygen atoms in total. The average molecular weight is 235 g/mol. The highest BCUT2D eigenvalue weighted by Gasteiger charge is 2.46. The van der Waals surface area contributed by atoms with Gasteiger partial charge in [-0.15, -0.1) is 5.10 Å². The van der Waals surface area contributed by atoms with Crippen LogP contribution in [0.15, 0.2) is 6.20 Å². The molecular formula is C12H21N5. The van der Waals surface area contributed by atoms with Gasteiger partial charge in [0.25, 0.3) is 0 Å². The average Bonchev–Trinajstić information content (AvgIpc) is 3.08. The minimum Gasteiger partial charge on any atom is -0.314 e. The third-order valence-electron chi connectivity index (χ3n) is 4.22. The van der Waals surface area contributed by atoms with Gasteiger partial charge in [0.15, 0.2) is 0 Å². The third-order valence-corrected chi connectivity index (χ3v) is 4.22. The molecule has 0 aromatic carbocycles. The van der Waals surface area contributed by atoms with Crippen molar-refractivity contribution in [3.8, 4) is 0 Å². The van der Waals surface area contributed by atoms with Gasteiger partial charge in [-0.2, -0.15) is 0 Å². The summed E-state index contributed by atoms with van der Waals surface area (Å²) in [5.41, 5.74) is 1.40. The summed E-state index contributed by atoms with van der Waals surface area (Å²) in [5.74, 6) is 0.868. The second-order valence-electron chi connectivity index (χ2n) is 5.61. The predicted octanol–water partition coefficient (Wildman–Crippen LogP) is 0.389. The molecule has 1 atom stereocenters. The molecule has 2 aliphatic rings. The molecular weight excluding hydrogens is 214 g/mol. The summed E-state index contributed by atoms with van der Waals surface area (Å²) in [7, 11) is 1.92. The third kappa shape index (κ3) is 2.09. The summed E-state index contributed by atoms with van der Waals surface area (Å²) in [6.45, 7) is 6.64. The molecule has 1 aromatic rings. The van der Waals surface area contributed by atoms with E-state index in [0.717, 1.165) is 37.8 Å². The zero-order valence-corrected chi connectivity index (χ0v) is 10.7. The molecule has 0 radical (unpaired) electrons. The monoisotopic (exact) mass is 235 g/mol. The van der Waals surface area contributed by atoms with Gasteiger partial charge in [0.05, 0.1) is 5.69 Å². The van der Waals surface area contributed by atoms with Crippen molar-refractivity contribution in [2.75, 3.05) is 19.6 Å². The van der Waals surface area contributed by atoms with Crippen molar-refractivity contribution in [2.24, 2.45) is 13.0 Å². The molecule has 2 heterocycles. The van der Waals surface area contributed by atoms with Gasteiger partial charge in [-0.25, -0.2) is 0 Å². The first kappa shape index (κ1) is 11.2. The predicted molar refractivity (Wildman–Crippen MR) is 65.4 cm³/mol. The van der Waals surface area contributed by atoms with Crippen molar-refractivity contribution < 1.29 is 0 Å². The van der Waals surface area contributed by atoms with E-state index in [1.165, 1.54) is 12.8 Å². The van der Waals surface area contributed by atoms with E-state index in [1.54, 1.807) is 4.68 Å². The quantitative estimate of drug-likeness (QED) is 0.823. The maximum absolute atomic E-state index is 4.21. The number of nitrogens with zero attached hydrogens (tertiary/aromatic N) is 4. The summed E-state index contributed by atoms with van der Waals surface area (Å²) in [6, 6.07) is 0. The zero-order chi connectivity index (χ0) is 11.9. The van der Waals surface area contributed by atoms with Gasteiger partial charge in [0.1, 0.15) is 0 Å². The molecule has 2 fully saturated rings. The van der Waals surface area contributed by atoms with E-state index < -0.39 is 0 Å². The fourth-order valence-corrected chi connectivity index (χ4v) is 2.95. The van der Waals surface area contributed by atoms with Gasteiger partial charge in [-0.3, -0.25) is 9.58 Å². The molecule has 94 valence electrons. The van der Waals surface area contributed by atoms with Crippen LogP contribution in [0.1, 0.15) is 25.5 Å². The number of hydrogen-bond donors (Lipinski definition) is 1. The van der Waals surface area contributed by atoms with E-state index >= 15 is 0 Å². The lowest BCUT2D eigenvalue weighted by molar-refractivity contribution is 0.0473. The van der Waals surface area contributed by atoms with Crippen LogP contribution in [0.25, 0.3) is 0 Å². The molecule has 0 amide bonds. The molecule has 1 N–H and O–H groups in total. The van der Waals surface area contributed by atoms with Crippen LogP contribution < -0.4 is 5.32 Å². The first-order chi connectivity index (χ1) is 8.18. The fraction of sp³-hybridized carbons (Fsp3) is 0.833. The topological polar surface area (TPSA) is 46.0 Å². The highest BCUT2D eigenvalue weighted by atomic mass is 15.4. The molecule has 1 unspecified atom stereocenters. The molecule has 5 heteroatoms. The van der Waals surface area contributed by atoms with Gasteiger partial charge >= 0.3 is 0 Å². The summed E-state index contributed by atoms with van der Waals surface area (Å²) < 4.78 is 1.78. The van der Waals surface area contributed by atoms with Crippen molar-refractivity contribution >= 4 is 0 Å². The number of hydrogen-bond acceptors (Lipinski definition) is 4. The lowest BCUT2D eigenvalue weighted by Crippen LogP contribution is -2.60. The van der Waals surface area contributed by atoms with Crippen LogP contribution in [0.2, 0.25) is 0 Å². The molecule has 1 aromatic heterocycles. The Kier molecular flexibility index (Phi) is 2.67. The number of aromatic nitrogens is 3. The van der Waals surface area contributed by atoms with E-state index in [4.69, 9.17) is 0 Å². The van der Waals surface area contributed by atoms with E-state index in [9.17, 15) is 0 Å². The molecule has 1 saturated heterocycles. The van der Waals surface area contributed by atoms with E-state index in [0.29, 0.717) is 5.54 Å². The first-order valence-electron chi connectivity index (χ1n) is 6.49. The number of rotatable bonds is 3. The lowest BCUT2D eigenvalue weighted by atomic mass is 9.91. The molecule has 0 spiro atoms. The number of piperazine rings is 1. The van der Waals surface area contributed by atoms with Crippen LogP contribution in [0.3, 0.4) is 0 Å². The standard InChI is InChI=1S/C12H21N5/c1-12(10-3-4-10)9-13-5-6-17(12)8-11-7-16(2)15-14-11/h7,10,13H,3-6,8-9H2,1-2H3. The van der Waals surface area contributed by atoms with Gasteiger partial charge in [-0.1, -0.05) is 5.21 Å². The first-order valence-corrected chi connectivity index (χ1v) is 6.49. The summed E-state index contributed by atoms with van der Waals surface area (Å²) in [5, 5.41) is 11.8. The summed E-state index contributed by atoms with van der Waals surface area (Å²) >= 11 is 0. The summed E-state index contributed by atoms with van der Waals surface area (Å²) in [6.07, 6.45) is 4.79. The second-order valence-corrected chi connectivity index (χ2v) is 5.61. The highest BCUT2D eigenvalue weighted by Crippen LogP contribution is 2.43. The Hall–Kier alpha value is -0.940. The Bertz CT molecular complexity index is 397. The molecule has 17 heavy (non-hydrogen) atoms. The number of nitrogens with one attached hydrogen (secondary N) is 1. The van der Waals surface area contributed by atoms with Crippen LogP contribution in [-0.2, 0) is 13.6 Å². The zero-order valence-electron chi connectivity index (χ0n) is 10.7. The van der Waals surface area contributed by atoms with Crippen LogP contribution in [-0.4, -0.2) is 45.1 Å². The minimum atomic E-state index is 0.315. The normalized spacial score (nSPS) is 30.7.